The van der Waals surface area contributed by atoms with Gasteiger partial charge in [-0.2, -0.15) is 0 Å². The largest absolute Gasteiger partial charge is 0.293 e. The normalized spacial score (nSPS) is 14.8. The van der Waals surface area contributed by atoms with E-state index in [0.717, 1.165) is 81.2 Å². The average molecular weight is 892 g/mol. The minimum atomic E-state index is -1.25. The second-order valence-electron chi connectivity index (χ2n) is 16.0. The molecule has 4 amide bonds. The summed E-state index contributed by atoms with van der Waals surface area (Å²) in [4.78, 5) is 95.8. The van der Waals surface area contributed by atoms with Crippen LogP contribution in [0.5, 0.6) is 0 Å². The number of aromatic nitrogens is 1. The predicted molar refractivity (Wildman–Crippen MR) is 252 cm³/mol. The molecule has 3 aliphatic rings. The quantitative estimate of drug-likeness (QED) is 0.0402. The zero-order valence-corrected chi connectivity index (χ0v) is 37.8. The van der Waals surface area contributed by atoms with E-state index in [2.05, 4.69) is 20.8 Å². The molecule has 5 aromatic carbocycles. The highest BCUT2D eigenvalue weighted by atomic mass is 32.2. The zero-order chi connectivity index (χ0) is 43.9. The van der Waals surface area contributed by atoms with E-state index in [9.17, 15) is 24.0 Å². The van der Waals surface area contributed by atoms with Crippen LogP contribution in [0.3, 0.4) is 0 Å². The average Bonchev–Trinajstić information content (AvgIpc) is 3.80. The number of imide groups is 2. The predicted octanol–water partition coefficient (Wildman–Crippen LogP) is 11.8. The van der Waals surface area contributed by atoms with E-state index in [0.29, 0.717) is 44.3 Å². The first kappa shape index (κ1) is 42.7. The number of Topliss-reactive ketones (excluding diaryl/α,β-unsaturated/α-hetero) is 2. The summed E-state index contributed by atoms with van der Waals surface area (Å²) < 4.78 is 0. The molecule has 0 N–H and O–H groups in total. The maximum atomic E-state index is 15.1. The topological polar surface area (TPSA) is 122 Å². The molecule has 0 saturated heterocycles. The van der Waals surface area contributed by atoms with Crippen LogP contribution in [0.2, 0.25) is 0 Å². The van der Waals surface area contributed by atoms with Crippen molar-refractivity contribution < 1.29 is 28.8 Å². The lowest BCUT2D eigenvalue weighted by Crippen LogP contribution is -2.31. The van der Waals surface area contributed by atoms with Gasteiger partial charge in [0, 0.05) is 31.2 Å². The summed E-state index contributed by atoms with van der Waals surface area (Å²) in [5, 5.41) is 2.14. The van der Waals surface area contributed by atoms with E-state index in [-0.39, 0.29) is 35.0 Å². The van der Waals surface area contributed by atoms with Crippen LogP contribution in [0.25, 0.3) is 21.7 Å². The number of ketones is 2. The van der Waals surface area contributed by atoms with E-state index in [4.69, 9.17) is 4.98 Å². The van der Waals surface area contributed by atoms with Crippen molar-refractivity contribution >= 4 is 97.8 Å². The number of carbonyl (C=O) groups excluding carboxylic acids is 6. The van der Waals surface area contributed by atoms with Crippen molar-refractivity contribution in [3.05, 3.63) is 136 Å². The SMILES string of the molecule is CCCCSc1cc2c(c(SCCCC)c1SCCCC)C(=O)N(c1ccc(CN3C(=O)c4ccccc4C3=O)c3ccc(C4C(=O)c5cc6ccccc6cc5C4=O)nc13)C2=O. The van der Waals surface area contributed by atoms with Gasteiger partial charge in [-0.25, -0.2) is 9.88 Å². The van der Waals surface area contributed by atoms with E-state index < -0.39 is 29.5 Å². The van der Waals surface area contributed by atoms with E-state index in [1.165, 1.54) is 9.80 Å². The van der Waals surface area contributed by atoms with Crippen LogP contribution >= 0.6 is 35.3 Å². The van der Waals surface area contributed by atoms with Crippen LogP contribution in [0, 0.1) is 0 Å². The Labute approximate surface area is 378 Å². The van der Waals surface area contributed by atoms with E-state index in [1.807, 2.05) is 30.3 Å². The lowest BCUT2D eigenvalue weighted by atomic mass is 9.97. The highest BCUT2D eigenvalue weighted by Gasteiger charge is 2.44. The van der Waals surface area contributed by atoms with Gasteiger partial charge in [0.1, 0.15) is 5.92 Å². The maximum absolute atomic E-state index is 15.1. The summed E-state index contributed by atoms with van der Waals surface area (Å²) in [5.41, 5.74) is 3.08. The monoisotopic (exact) mass is 891 g/mol. The van der Waals surface area contributed by atoms with Crippen molar-refractivity contribution in [3.63, 3.8) is 0 Å². The molecular weight excluding hydrogens is 847 g/mol. The fourth-order valence-electron chi connectivity index (χ4n) is 8.54. The Hall–Kier alpha value is -5.56. The summed E-state index contributed by atoms with van der Waals surface area (Å²) in [7, 11) is 0. The molecule has 0 atom stereocenters. The summed E-state index contributed by atoms with van der Waals surface area (Å²) in [6.07, 6.45) is 6.02. The molecule has 0 spiro atoms. The molecule has 6 aromatic rings. The molecule has 0 saturated carbocycles. The Morgan fingerprint density at radius 3 is 1.73 bits per heavy atom. The molecule has 0 fully saturated rings. The molecule has 0 bridgehead atoms. The Morgan fingerprint density at radius 2 is 1.13 bits per heavy atom. The van der Waals surface area contributed by atoms with Crippen molar-refractivity contribution in [1.82, 2.24) is 9.88 Å². The third kappa shape index (κ3) is 7.49. The van der Waals surface area contributed by atoms with Crippen LogP contribution < -0.4 is 4.90 Å². The van der Waals surface area contributed by atoms with Crippen LogP contribution in [0.1, 0.15) is 139 Å². The van der Waals surface area contributed by atoms with E-state index >= 15 is 4.79 Å². The van der Waals surface area contributed by atoms with Gasteiger partial charge in [-0.05, 0) is 95.3 Å². The Balaban J connectivity index is 1.18. The molecular formula is C51H45N3O6S3. The number of pyridine rings is 1. The maximum Gasteiger partial charge on any atom is 0.267 e. The number of fused-ring (bicyclic) bond motifs is 5. The lowest BCUT2D eigenvalue weighted by molar-refractivity contribution is 0.0641. The van der Waals surface area contributed by atoms with Gasteiger partial charge in [0.15, 0.2) is 11.6 Å². The second kappa shape index (κ2) is 17.9. The molecule has 3 heterocycles. The summed E-state index contributed by atoms with van der Waals surface area (Å²) >= 11 is 5.10. The van der Waals surface area contributed by atoms with Gasteiger partial charge in [0.2, 0.25) is 0 Å². The number of hydrogen-bond donors (Lipinski definition) is 0. The summed E-state index contributed by atoms with van der Waals surface area (Å²) in [6, 6.07) is 26.3. The molecule has 1 aliphatic carbocycles. The number of carbonyl (C=O) groups is 6. The van der Waals surface area contributed by atoms with Crippen LogP contribution in [-0.2, 0) is 6.54 Å². The number of anilines is 1. The molecule has 0 radical (unpaired) electrons. The van der Waals surface area contributed by atoms with Crippen molar-refractivity contribution in [1.29, 1.82) is 0 Å². The number of benzene rings is 5. The molecule has 9 nitrogen and oxygen atoms in total. The number of unbranched alkanes of at least 4 members (excludes halogenated alkanes) is 3. The Bertz CT molecular complexity index is 2840. The van der Waals surface area contributed by atoms with Gasteiger partial charge in [0.25, 0.3) is 23.6 Å². The number of rotatable bonds is 16. The third-order valence-corrected chi connectivity index (χ3v) is 15.7. The summed E-state index contributed by atoms with van der Waals surface area (Å²) in [6.45, 7) is 6.33. The van der Waals surface area contributed by atoms with Crippen molar-refractivity contribution in [2.45, 2.75) is 86.4 Å². The molecule has 63 heavy (non-hydrogen) atoms. The summed E-state index contributed by atoms with van der Waals surface area (Å²) in [5.74, 6) is -1.27. The molecule has 318 valence electrons. The number of thioether (sulfide) groups is 3. The number of hydrogen-bond acceptors (Lipinski definition) is 10. The fraction of sp³-hybridized carbons (Fsp3) is 0.275. The fourth-order valence-corrected chi connectivity index (χ4v) is 12.7. The van der Waals surface area contributed by atoms with Gasteiger partial charge in [-0.3, -0.25) is 33.7 Å². The molecule has 9 rings (SSSR count). The zero-order valence-electron chi connectivity index (χ0n) is 35.3. The standard InChI is InChI=1S/C51H45N3O6S3/c1-4-7-22-61-40-27-37-41(47(63-24-9-6-3)46(40)62-23-8-5-2)51(60)54(50(37)59)39-21-18-31(28-53-48(57)33-16-12-13-17-34(33)49(53)58)32-19-20-38(52-43(32)39)42-44(55)35-25-29-14-10-11-15-30(29)26-36(35)45(42)56/h10-21,25-27,42H,4-9,22-24,28H2,1-3H3. The minimum absolute atomic E-state index is 0.111. The van der Waals surface area contributed by atoms with Gasteiger partial charge in [-0.1, -0.05) is 88.6 Å². The number of nitrogens with zero attached hydrogens (tertiary/aromatic N) is 3. The van der Waals surface area contributed by atoms with Gasteiger partial charge in [-0.15, -0.1) is 35.3 Å². The number of amides is 4. The molecule has 0 unspecified atom stereocenters. The lowest BCUT2D eigenvalue weighted by Gasteiger charge is -2.21. The van der Waals surface area contributed by atoms with Crippen LogP contribution in [-0.4, -0.2) is 62.3 Å². The minimum Gasteiger partial charge on any atom is -0.293 e. The highest BCUT2D eigenvalue weighted by Crippen LogP contribution is 2.48. The molecule has 1 aromatic heterocycles. The third-order valence-electron chi connectivity index (χ3n) is 11.9. The van der Waals surface area contributed by atoms with E-state index in [1.54, 1.807) is 95.9 Å². The molecule has 12 heteroatoms. The highest BCUT2D eigenvalue weighted by molar-refractivity contribution is 8.03. The van der Waals surface area contributed by atoms with Gasteiger partial charge >= 0.3 is 0 Å². The van der Waals surface area contributed by atoms with Gasteiger partial charge < -0.3 is 0 Å². The van der Waals surface area contributed by atoms with Crippen molar-refractivity contribution in [3.8, 4) is 0 Å². The smallest absolute Gasteiger partial charge is 0.267 e. The Morgan fingerprint density at radius 1 is 0.556 bits per heavy atom. The van der Waals surface area contributed by atoms with Gasteiger partial charge in [0.05, 0.1) is 45.7 Å². The van der Waals surface area contributed by atoms with Crippen LogP contribution in [0.15, 0.2) is 106 Å². The van der Waals surface area contributed by atoms with Crippen molar-refractivity contribution in [2.24, 2.45) is 0 Å². The first-order valence-corrected chi connectivity index (χ1v) is 24.6. The van der Waals surface area contributed by atoms with Crippen molar-refractivity contribution in [2.75, 3.05) is 22.2 Å². The first-order chi connectivity index (χ1) is 30.7. The van der Waals surface area contributed by atoms with Crippen LogP contribution in [0.4, 0.5) is 5.69 Å². The molecule has 2 aliphatic heterocycles. The second-order valence-corrected chi connectivity index (χ2v) is 19.4. The first-order valence-electron chi connectivity index (χ1n) is 21.6. The Kier molecular flexibility index (Phi) is 12.1.